The molecule has 2 aliphatic rings. The van der Waals surface area contributed by atoms with Gasteiger partial charge in [0, 0.05) is 18.4 Å². The molecular formula is C16H26N2O. The second-order valence-corrected chi connectivity index (χ2v) is 6.81. The highest BCUT2D eigenvalue weighted by Crippen LogP contribution is 2.33. The number of ketones is 1. The Balaban J connectivity index is 1.83. The number of nitrogens with zero attached hydrogens (tertiary/aromatic N) is 2. The molecule has 0 amide bonds. The summed E-state index contributed by atoms with van der Waals surface area (Å²) >= 11 is 0. The molecule has 0 radical (unpaired) electrons. The molecule has 3 heteroatoms. The van der Waals surface area contributed by atoms with Crippen molar-refractivity contribution in [1.82, 2.24) is 4.90 Å². The predicted molar refractivity (Wildman–Crippen MR) is 75.6 cm³/mol. The van der Waals surface area contributed by atoms with Crippen LogP contribution >= 0.6 is 0 Å². The number of hydrogen-bond donors (Lipinski definition) is 0. The molecule has 1 saturated heterocycles. The van der Waals surface area contributed by atoms with E-state index < -0.39 is 0 Å². The first-order valence-corrected chi connectivity index (χ1v) is 7.71. The van der Waals surface area contributed by atoms with Gasteiger partial charge in [0.2, 0.25) is 0 Å². The average molecular weight is 262 g/mol. The monoisotopic (exact) mass is 262 g/mol. The first kappa shape index (κ1) is 14.5. The third-order valence-corrected chi connectivity index (χ3v) is 4.78. The molecule has 0 aromatic carbocycles. The van der Waals surface area contributed by atoms with Gasteiger partial charge in [-0.05, 0) is 65.5 Å². The number of likely N-dealkylation sites (tertiary alicyclic amines) is 1. The topological polar surface area (TPSA) is 44.1 Å². The van der Waals surface area contributed by atoms with Crippen molar-refractivity contribution in [2.45, 2.75) is 64.8 Å². The minimum absolute atomic E-state index is 0.210. The summed E-state index contributed by atoms with van der Waals surface area (Å²) < 4.78 is 0. The lowest BCUT2D eigenvalue weighted by molar-refractivity contribution is -0.122. The van der Waals surface area contributed by atoms with Gasteiger partial charge in [0.25, 0.3) is 0 Å². The van der Waals surface area contributed by atoms with Gasteiger partial charge in [-0.25, -0.2) is 0 Å². The van der Waals surface area contributed by atoms with Crippen LogP contribution in [0.3, 0.4) is 0 Å². The largest absolute Gasteiger partial charge is 0.300 e. The standard InChI is InChI=1S/C16H26N2O/c1-16(2,12-17)9-5-11-18-10-4-7-14(18)13-6-3-8-15(13)19/h13-14H,3-11H2,1-2H3. The van der Waals surface area contributed by atoms with Crippen molar-refractivity contribution in [3.8, 4) is 6.07 Å². The fourth-order valence-electron chi connectivity index (χ4n) is 3.61. The Labute approximate surface area is 117 Å². The van der Waals surface area contributed by atoms with Gasteiger partial charge in [0.1, 0.15) is 5.78 Å². The van der Waals surface area contributed by atoms with Gasteiger partial charge in [0.15, 0.2) is 0 Å². The van der Waals surface area contributed by atoms with Crippen molar-refractivity contribution in [1.29, 1.82) is 5.26 Å². The fraction of sp³-hybridized carbons (Fsp3) is 0.875. The number of hydrogen-bond acceptors (Lipinski definition) is 3. The second-order valence-electron chi connectivity index (χ2n) is 6.81. The van der Waals surface area contributed by atoms with E-state index in [4.69, 9.17) is 5.26 Å². The van der Waals surface area contributed by atoms with Gasteiger partial charge in [-0.3, -0.25) is 9.69 Å². The number of carbonyl (C=O) groups is 1. The highest BCUT2D eigenvalue weighted by Gasteiger charge is 2.37. The average Bonchev–Trinajstić information content (AvgIpc) is 2.97. The van der Waals surface area contributed by atoms with Gasteiger partial charge in [-0.2, -0.15) is 5.26 Å². The van der Waals surface area contributed by atoms with E-state index in [0.29, 0.717) is 17.7 Å². The van der Waals surface area contributed by atoms with Crippen LogP contribution in [-0.4, -0.2) is 29.8 Å². The molecule has 0 aromatic heterocycles. The lowest BCUT2D eigenvalue weighted by Crippen LogP contribution is -2.38. The lowest BCUT2D eigenvalue weighted by Gasteiger charge is -2.29. The lowest BCUT2D eigenvalue weighted by atomic mass is 9.89. The smallest absolute Gasteiger partial charge is 0.137 e. The third kappa shape index (κ3) is 3.57. The third-order valence-electron chi connectivity index (χ3n) is 4.78. The maximum absolute atomic E-state index is 11.9. The highest BCUT2D eigenvalue weighted by molar-refractivity contribution is 5.83. The van der Waals surface area contributed by atoms with Crippen LogP contribution in [0.2, 0.25) is 0 Å². The minimum atomic E-state index is -0.210. The van der Waals surface area contributed by atoms with E-state index in [1.54, 1.807) is 0 Å². The van der Waals surface area contributed by atoms with Crippen molar-refractivity contribution in [3.05, 3.63) is 0 Å². The molecule has 2 unspecified atom stereocenters. The Hall–Kier alpha value is -0.880. The molecule has 1 aliphatic carbocycles. The molecule has 2 rings (SSSR count). The molecule has 19 heavy (non-hydrogen) atoms. The van der Waals surface area contributed by atoms with Gasteiger partial charge in [0.05, 0.1) is 11.5 Å². The molecule has 0 spiro atoms. The molecule has 2 fully saturated rings. The van der Waals surface area contributed by atoms with Crippen molar-refractivity contribution in [2.24, 2.45) is 11.3 Å². The summed E-state index contributed by atoms with van der Waals surface area (Å²) in [6.45, 7) is 6.21. The molecule has 1 saturated carbocycles. The van der Waals surface area contributed by atoms with Crippen molar-refractivity contribution in [3.63, 3.8) is 0 Å². The maximum atomic E-state index is 11.9. The van der Waals surface area contributed by atoms with Gasteiger partial charge in [-0.1, -0.05) is 0 Å². The first-order chi connectivity index (χ1) is 9.03. The zero-order valence-electron chi connectivity index (χ0n) is 12.3. The normalized spacial score (nSPS) is 28.8. The SMILES string of the molecule is CC(C)(C#N)CCCN1CCCC1C1CCCC1=O. The summed E-state index contributed by atoms with van der Waals surface area (Å²) in [5, 5.41) is 9.04. The molecule has 0 aromatic rings. The van der Waals surface area contributed by atoms with Crippen LogP contribution in [0.25, 0.3) is 0 Å². The Morgan fingerprint density at radius 3 is 2.79 bits per heavy atom. The van der Waals surface area contributed by atoms with E-state index in [1.165, 1.54) is 12.8 Å². The molecule has 1 aliphatic heterocycles. The van der Waals surface area contributed by atoms with Crippen LogP contribution in [0.1, 0.15) is 58.8 Å². The van der Waals surface area contributed by atoms with Crippen molar-refractivity contribution < 1.29 is 4.79 Å². The first-order valence-electron chi connectivity index (χ1n) is 7.71. The molecule has 2 atom stereocenters. The predicted octanol–water partition coefficient (Wildman–Crippen LogP) is 3.15. The molecule has 3 nitrogen and oxygen atoms in total. The fourth-order valence-corrected chi connectivity index (χ4v) is 3.61. The van der Waals surface area contributed by atoms with E-state index in [-0.39, 0.29) is 5.41 Å². The molecule has 0 bridgehead atoms. The Morgan fingerprint density at radius 1 is 1.37 bits per heavy atom. The number of carbonyl (C=O) groups excluding carboxylic acids is 1. The van der Waals surface area contributed by atoms with Gasteiger partial charge < -0.3 is 0 Å². The minimum Gasteiger partial charge on any atom is -0.300 e. The summed E-state index contributed by atoms with van der Waals surface area (Å²) in [7, 11) is 0. The highest BCUT2D eigenvalue weighted by atomic mass is 16.1. The van der Waals surface area contributed by atoms with Crippen molar-refractivity contribution >= 4 is 5.78 Å². The van der Waals surface area contributed by atoms with E-state index in [0.717, 1.165) is 45.2 Å². The van der Waals surface area contributed by atoms with E-state index >= 15 is 0 Å². The van der Waals surface area contributed by atoms with Crippen LogP contribution < -0.4 is 0 Å². The summed E-state index contributed by atoms with van der Waals surface area (Å²) in [5.41, 5.74) is -0.210. The van der Waals surface area contributed by atoms with Crippen LogP contribution in [0, 0.1) is 22.7 Å². The second kappa shape index (κ2) is 6.05. The summed E-state index contributed by atoms with van der Waals surface area (Å²) in [6.07, 6.45) is 7.44. The van der Waals surface area contributed by atoms with E-state index in [2.05, 4.69) is 11.0 Å². The van der Waals surface area contributed by atoms with Crippen molar-refractivity contribution in [2.75, 3.05) is 13.1 Å². The van der Waals surface area contributed by atoms with Gasteiger partial charge >= 0.3 is 0 Å². The molecule has 1 heterocycles. The van der Waals surface area contributed by atoms with Crippen LogP contribution in [-0.2, 0) is 4.79 Å². The molecule has 0 N–H and O–H groups in total. The van der Waals surface area contributed by atoms with E-state index in [9.17, 15) is 4.79 Å². The summed E-state index contributed by atoms with van der Waals surface area (Å²) in [4.78, 5) is 14.4. The maximum Gasteiger partial charge on any atom is 0.137 e. The number of rotatable bonds is 5. The van der Waals surface area contributed by atoms with Crippen LogP contribution in [0.15, 0.2) is 0 Å². The Bertz CT molecular complexity index is 369. The number of nitriles is 1. The van der Waals surface area contributed by atoms with Crippen LogP contribution in [0.5, 0.6) is 0 Å². The van der Waals surface area contributed by atoms with Crippen LogP contribution in [0.4, 0.5) is 0 Å². The zero-order valence-corrected chi connectivity index (χ0v) is 12.3. The molecular weight excluding hydrogens is 236 g/mol. The van der Waals surface area contributed by atoms with E-state index in [1.807, 2.05) is 13.8 Å². The summed E-state index contributed by atoms with van der Waals surface area (Å²) in [6, 6.07) is 2.87. The zero-order chi connectivity index (χ0) is 13.9. The summed E-state index contributed by atoms with van der Waals surface area (Å²) in [5.74, 6) is 0.806. The quantitative estimate of drug-likeness (QED) is 0.764. The molecule has 106 valence electrons. The number of Topliss-reactive ketones (excluding diaryl/α,β-unsaturated/α-hetero) is 1. The Kier molecular flexibility index (Phi) is 4.62. The van der Waals surface area contributed by atoms with Gasteiger partial charge in [-0.15, -0.1) is 0 Å². The Morgan fingerprint density at radius 2 is 2.16 bits per heavy atom.